The van der Waals surface area contributed by atoms with E-state index in [1.807, 2.05) is 0 Å². The van der Waals surface area contributed by atoms with E-state index in [-0.39, 0.29) is 105 Å². The molecule has 0 heterocycles. The second kappa shape index (κ2) is 36.0. The van der Waals surface area contributed by atoms with Crippen LogP contribution < -0.4 is 80.2 Å². The number of hydrogen-bond donors (Lipinski definition) is 0. The largest absolute Gasteiger partial charge is 1.00 e. The fourth-order valence-electron chi connectivity index (χ4n) is 0. The Balaban J connectivity index is -0.0000000104. The SMILES string of the molecule is O=[Si]([O-])[O-].O=[Si]([O-])[O-].O=[Si]([O-])[O-].[AlH3].[AlH3].[AlH3].[H-].[K+]. The van der Waals surface area contributed by atoms with Crippen molar-refractivity contribution in [3.63, 3.8) is 0 Å². The zero-order valence-corrected chi connectivity index (χ0v) is 12.3. The summed E-state index contributed by atoms with van der Waals surface area (Å²) in [5.74, 6) is 0. The molecule has 0 amide bonds. The van der Waals surface area contributed by atoms with Crippen LogP contribution in [0, 0.1) is 0 Å². The maximum absolute atomic E-state index is 8.52. The molecule has 0 N–H and O–H groups in total. The first-order valence-corrected chi connectivity index (χ1v) is 5.51. The second-order valence-corrected chi connectivity index (χ2v) is 2.25. The van der Waals surface area contributed by atoms with Gasteiger partial charge in [-0.15, -0.1) is 0 Å². The monoisotopic (exact) mass is 358 g/mol. The Labute approximate surface area is 172 Å². The summed E-state index contributed by atoms with van der Waals surface area (Å²) in [6.45, 7) is 0. The Morgan fingerprint density at radius 3 is 0.562 bits per heavy atom. The first kappa shape index (κ1) is 43.0. The van der Waals surface area contributed by atoms with Gasteiger partial charge in [0.1, 0.15) is 0 Å². The molecular weight excluding hydrogens is 348 g/mol. The fraction of sp³-hybridized carbons (Fsp3) is 0. The van der Waals surface area contributed by atoms with E-state index in [1.54, 1.807) is 0 Å². The average molecular weight is 358 g/mol. The molecule has 0 spiro atoms. The van der Waals surface area contributed by atoms with E-state index in [9.17, 15) is 0 Å². The Kier molecular flexibility index (Phi) is 96.6. The van der Waals surface area contributed by atoms with E-state index in [2.05, 4.69) is 0 Å². The van der Waals surface area contributed by atoms with Crippen molar-refractivity contribution in [3.05, 3.63) is 0 Å². The molecule has 0 radical (unpaired) electrons. The molecule has 16 heteroatoms. The standard InChI is InChI=1S/3Al.K.3O3Si.10H/c;;;;3*1-4(2)3;;;;;;;;;;/q;;;+1;3*-2;;;;;;;;;;-1. The van der Waals surface area contributed by atoms with Crippen LogP contribution in [-0.2, 0) is 13.4 Å². The van der Waals surface area contributed by atoms with E-state index in [1.165, 1.54) is 0 Å². The molecule has 0 saturated heterocycles. The van der Waals surface area contributed by atoms with Gasteiger partial charge in [-0.1, -0.05) is 0 Å². The minimum atomic E-state index is -3.63. The third kappa shape index (κ3) is 842. The molecule has 0 bridgehead atoms. The molecular formula is H10Al3KO9Si3-6. The van der Waals surface area contributed by atoms with Crippen LogP contribution in [0.25, 0.3) is 0 Å². The normalized spacial score (nSPS) is 4.50. The van der Waals surface area contributed by atoms with E-state index < -0.39 is 27.5 Å². The van der Waals surface area contributed by atoms with Crippen molar-refractivity contribution in [1.29, 1.82) is 0 Å². The van der Waals surface area contributed by atoms with E-state index in [0.717, 1.165) is 0 Å². The van der Waals surface area contributed by atoms with Crippen LogP contribution in [0.3, 0.4) is 0 Å². The van der Waals surface area contributed by atoms with Crippen molar-refractivity contribution >= 4 is 79.6 Å². The molecule has 16 heavy (non-hydrogen) atoms. The third-order valence-corrected chi connectivity index (χ3v) is 0. The van der Waals surface area contributed by atoms with E-state index >= 15 is 0 Å². The fourth-order valence-corrected chi connectivity index (χ4v) is 0. The zero-order valence-electron chi connectivity index (χ0n) is 7.17. The van der Waals surface area contributed by atoms with Crippen LogP contribution in [0.15, 0.2) is 0 Å². The topological polar surface area (TPSA) is 190 Å². The van der Waals surface area contributed by atoms with Crippen molar-refractivity contribution < 1.29 is 95.0 Å². The number of rotatable bonds is 0. The molecule has 0 saturated carbocycles. The van der Waals surface area contributed by atoms with Crippen molar-refractivity contribution in [2.75, 3.05) is 0 Å². The van der Waals surface area contributed by atoms with E-state index in [0.29, 0.717) is 0 Å². The predicted octanol–water partition coefficient (Wildman–Crippen LogP) is -15.1. The van der Waals surface area contributed by atoms with Gasteiger partial charge in [-0.05, 0) is 0 Å². The Morgan fingerprint density at radius 1 is 0.562 bits per heavy atom. The average Bonchev–Trinajstić information content (AvgIpc) is 1.54. The smallest absolute Gasteiger partial charge is 1.00 e. The van der Waals surface area contributed by atoms with Gasteiger partial charge in [0, 0.05) is 27.5 Å². The summed E-state index contributed by atoms with van der Waals surface area (Å²) < 4.78 is 25.6. The van der Waals surface area contributed by atoms with Gasteiger partial charge < -0.3 is 43.6 Å². The molecule has 0 aliphatic carbocycles. The summed E-state index contributed by atoms with van der Waals surface area (Å²) in [4.78, 5) is 51.1. The van der Waals surface area contributed by atoms with Crippen molar-refractivity contribution in [2.24, 2.45) is 0 Å². The van der Waals surface area contributed by atoms with Gasteiger partial charge in [-0.2, -0.15) is 0 Å². The maximum Gasteiger partial charge on any atom is 1.00 e. The molecule has 0 aliphatic rings. The van der Waals surface area contributed by atoms with Crippen LogP contribution in [0.5, 0.6) is 0 Å². The Morgan fingerprint density at radius 2 is 0.562 bits per heavy atom. The van der Waals surface area contributed by atoms with Crippen LogP contribution in [0.1, 0.15) is 1.43 Å². The van der Waals surface area contributed by atoms with Crippen LogP contribution in [0.2, 0.25) is 0 Å². The van der Waals surface area contributed by atoms with Gasteiger partial charge in [0.2, 0.25) is 0 Å². The molecule has 0 aromatic heterocycles. The minimum Gasteiger partial charge on any atom is -1.00 e. The first-order chi connectivity index (χ1) is 5.20. The van der Waals surface area contributed by atoms with Crippen molar-refractivity contribution in [1.82, 2.24) is 0 Å². The van der Waals surface area contributed by atoms with Gasteiger partial charge in [-0.25, -0.2) is 0 Å². The summed E-state index contributed by atoms with van der Waals surface area (Å²) in [7, 11) is -10.9. The van der Waals surface area contributed by atoms with Gasteiger partial charge in [0.25, 0.3) is 0 Å². The third-order valence-electron chi connectivity index (χ3n) is 0. The second-order valence-electron chi connectivity index (χ2n) is 0.750. The Bertz CT molecular complexity index is 129. The predicted molar refractivity (Wildman–Crippen MR) is 50.3 cm³/mol. The quantitative estimate of drug-likeness (QED) is 0.378. The first-order valence-electron chi connectivity index (χ1n) is 1.84. The molecule has 0 aliphatic heterocycles. The summed E-state index contributed by atoms with van der Waals surface area (Å²) >= 11 is 0. The van der Waals surface area contributed by atoms with Gasteiger partial charge in [0.05, 0.1) is 0 Å². The summed E-state index contributed by atoms with van der Waals surface area (Å²) in [6, 6.07) is 0. The molecule has 0 aromatic rings. The molecule has 0 atom stereocenters. The molecule has 0 fully saturated rings. The molecule has 0 rings (SSSR count). The van der Waals surface area contributed by atoms with Crippen LogP contribution >= 0.6 is 0 Å². The summed E-state index contributed by atoms with van der Waals surface area (Å²) in [5.41, 5.74) is 0. The van der Waals surface area contributed by atoms with Crippen molar-refractivity contribution in [2.45, 2.75) is 0 Å². The number of hydrogen-bond acceptors (Lipinski definition) is 9. The molecule has 0 unspecified atom stereocenters. The van der Waals surface area contributed by atoms with Crippen LogP contribution in [0.4, 0.5) is 0 Å². The molecule has 0 aromatic carbocycles. The zero-order chi connectivity index (χ0) is 10.7. The van der Waals surface area contributed by atoms with Gasteiger partial charge in [-0.3, -0.25) is 0 Å². The maximum atomic E-state index is 8.52. The van der Waals surface area contributed by atoms with Crippen molar-refractivity contribution in [3.8, 4) is 0 Å². The summed E-state index contributed by atoms with van der Waals surface area (Å²) in [5, 5.41) is 0. The molecule has 9 nitrogen and oxygen atoms in total. The van der Waals surface area contributed by atoms with Gasteiger partial charge >= 0.3 is 51.4 Å². The van der Waals surface area contributed by atoms with Crippen LogP contribution in [-0.4, -0.2) is 79.6 Å². The van der Waals surface area contributed by atoms with Gasteiger partial charge in [0.15, 0.2) is 52.1 Å². The summed E-state index contributed by atoms with van der Waals surface area (Å²) in [6.07, 6.45) is 0. The minimum absolute atomic E-state index is 0. The Hall–Kier alpha value is 2.08. The molecule has 92 valence electrons. The van der Waals surface area contributed by atoms with E-state index in [4.69, 9.17) is 42.2 Å².